The van der Waals surface area contributed by atoms with Gasteiger partial charge in [-0.15, -0.1) is 0 Å². The third-order valence-electron chi connectivity index (χ3n) is 4.23. The molecular weight excluding hydrogens is 270 g/mol. The number of allylic oxidation sites excluding steroid dienone is 3. The first-order valence-electron chi connectivity index (χ1n) is 7.26. The molecule has 1 aromatic rings. The molecule has 2 unspecified atom stereocenters. The lowest BCUT2D eigenvalue weighted by Crippen LogP contribution is -2.15. The molecule has 22 heavy (non-hydrogen) atoms. The summed E-state index contributed by atoms with van der Waals surface area (Å²) in [6.07, 6.45) is 5.50. The Hall–Kier alpha value is -2.91. The summed E-state index contributed by atoms with van der Waals surface area (Å²) in [6.45, 7) is 3.68. The molecule has 0 spiro atoms. The van der Waals surface area contributed by atoms with Crippen molar-refractivity contribution < 1.29 is 0 Å². The fourth-order valence-electron chi connectivity index (χ4n) is 3.22. The smallest absolute Gasteiger partial charge is 0.0991 e. The van der Waals surface area contributed by atoms with Gasteiger partial charge in [0.2, 0.25) is 0 Å². The molecule has 2 aliphatic carbocycles. The first kappa shape index (κ1) is 14.0. The largest absolute Gasteiger partial charge is 0.293 e. The number of aliphatic imine (C=N–C) groups is 1. The van der Waals surface area contributed by atoms with Crippen LogP contribution >= 0.6 is 0 Å². The average Bonchev–Trinajstić information content (AvgIpc) is 3.00. The number of hydrogen-bond acceptors (Lipinski definition) is 3. The zero-order valence-electron chi connectivity index (χ0n) is 12.2. The minimum atomic E-state index is -0.407. The molecule has 1 aromatic carbocycles. The number of rotatable bonds is 2. The van der Waals surface area contributed by atoms with E-state index in [4.69, 9.17) is 0 Å². The van der Waals surface area contributed by atoms with E-state index in [0.29, 0.717) is 5.57 Å². The minimum absolute atomic E-state index is 0.0159. The molecule has 3 rings (SSSR count). The van der Waals surface area contributed by atoms with E-state index in [1.54, 1.807) is 6.08 Å². The molecule has 0 aliphatic heterocycles. The van der Waals surface area contributed by atoms with Crippen LogP contribution in [0.3, 0.4) is 0 Å². The van der Waals surface area contributed by atoms with Crippen molar-refractivity contribution in [3.8, 4) is 12.1 Å². The van der Waals surface area contributed by atoms with Crippen LogP contribution in [0.15, 0.2) is 63.7 Å². The Morgan fingerprint density at radius 1 is 1.23 bits per heavy atom. The molecular formula is C19H15N3. The van der Waals surface area contributed by atoms with Gasteiger partial charge in [0.1, 0.15) is 0 Å². The molecule has 0 fully saturated rings. The number of nitrogens with zero attached hydrogens (tertiary/aromatic N) is 3. The van der Waals surface area contributed by atoms with Crippen molar-refractivity contribution in [1.29, 1.82) is 10.5 Å². The number of benzene rings is 1. The van der Waals surface area contributed by atoms with E-state index in [1.165, 1.54) is 0 Å². The third kappa shape index (κ3) is 2.28. The SMILES string of the molecule is C=NC1CCC2=C1C(=Cc1ccccc1)C(C#N)C=C2C#N. The van der Waals surface area contributed by atoms with E-state index >= 15 is 0 Å². The van der Waals surface area contributed by atoms with E-state index < -0.39 is 5.92 Å². The predicted molar refractivity (Wildman–Crippen MR) is 86.8 cm³/mol. The van der Waals surface area contributed by atoms with Gasteiger partial charge in [0.25, 0.3) is 0 Å². The summed E-state index contributed by atoms with van der Waals surface area (Å²) in [7, 11) is 0. The second kappa shape index (κ2) is 5.84. The quantitative estimate of drug-likeness (QED) is 0.775. The van der Waals surface area contributed by atoms with Gasteiger partial charge >= 0.3 is 0 Å². The van der Waals surface area contributed by atoms with Gasteiger partial charge in [0.05, 0.1) is 29.7 Å². The Morgan fingerprint density at radius 3 is 2.64 bits per heavy atom. The van der Waals surface area contributed by atoms with Crippen LogP contribution in [0.4, 0.5) is 0 Å². The summed E-state index contributed by atoms with van der Waals surface area (Å²) < 4.78 is 0. The van der Waals surface area contributed by atoms with E-state index in [9.17, 15) is 10.5 Å². The maximum absolute atomic E-state index is 9.52. The highest BCUT2D eigenvalue weighted by atomic mass is 14.8. The zero-order chi connectivity index (χ0) is 15.5. The number of nitriles is 2. The second-order valence-corrected chi connectivity index (χ2v) is 5.44. The van der Waals surface area contributed by atoms with Gasteiger partial charge in [-0.2, -0.15) is 10.5 Å². The van der Waals surface area contributed by atoms with Crippen LogP contribution in [0.5, 0.6) is 0 Å². The van der Waals surface area contributed by atoms with E-state index in [1.807, 2.05) is 36.4 Å². The summed E-state index contributed by atoms with van der Waals surface area (Å²) in [6, 6.07) is 14.5. The van der Waals surface area contributed by atoms with Crippen molar-refractivity contribution >= 4 is 12.8 Å². The van der Waals surface area contributed by atoms with Crippen LogP contribution in [0, 0.1) is 28.6 Å². The lowest BCUT2D eigenvalue weighted by molar-refractivity contribution is 0.754. The summed E-state index contributed by atoms with van der Waals surface area (Å²) in [5.74, 6) is -0.407. The predicted octanol–water partition coefficient (Wildman–Crippen LogP) is 3.83. The molecule has 0 radical (unpaired) electrons. The standard InChI is InChI=1S/C19H15N3/c1-22-18-8-7-16-14(11-20)10-15(12-21)17(19(16)18)9-13-5-3-2-4-6-13/h2-6,9-10,15,18H,1,7-8H2. The minimum Gasteiger partial charge on any atom is -0.293 e. The monoisotopic (exact) mass is 285 g/mol. The first-order valence-corrected chi connectivity index (χ1v) is 7.26. The van der Waals surface area contributed by atoms with Gasteiger partial charge < -0.3 is 0 Å². The van der Waals surface area contributed by atoms with Crippen LogP contribution in [-0.2, 0) is 0 Å². The fraction of sp³-hybridized carbons (Fsp3) is 0.211. The van der Waals surface area contributed by atoms with E-state index in [0.717, 1.165) is 35.1 Å². The van der Waals surface area contributed by atoms with Crippen LogP contribution in [-0.4, -0.2) is 12.8 Å². The van der Waals surface area contributed by atoms with Gasteiger partial charge in [-0.05, 0) is 54.0 Å². The van der Waals surface area contributed by atoms with Gasteiger partial charge in [-0.1, -0.05) is 30.3 Å². The van der Waals surface area contributed by atoms with Crippen LogP contribution in [0.1, 0.15) is 18.4 Å². The maximum atomic E-state index is 9.52. The van der Waals surface area contributed by atoms with Crippen molar-refractivity contribution in [1.82, 2.24) is 0 Å². The Labute approximate surface area is 130 Å². The summed E-state index contributed by atoms with van der Waals surface area (Å²) >= 11 is 0. The maximum Gasteiger partial charge on any atom is 0.0991 e. The van der Waals surface area contributed by atoms with Crippen molar-refractivity contribution in [2.45, 2.75) is 18.9 Å². The molecule has 0 bridgehead atoms. The third-order valence-corrected chi connectivity index (χ3v) is 4.23. The Kier molecular flexibility index (Phi) is 3.73. The first-order chi connectivity index (χ1) is 10.8. The Balaban J connectivity index is 2.17. The summed E-state index contributed by atoms with van der Waals surface area (Å²) in [5, 5.41) is 18.9. The molecule has 0 saturated heterocycles. The normalized spacial score (nSPS) is 25.2. The Bertz CT molecular complexity index is 782. The van der Waals surface area contributed by atoms with Crippen LogP contribution < -0.4 is 0 Å². The highest BCUT2D eigenvalue weighted by molar-refractivity contribution is 5.70. The highest BCUT2D eigenvalue weighted by Crippen LogP contribution is 2.44. The number of hydrogen-bond donors (Lipinski definition) is 0. The molecule has 0 aromatic heterocycles. The van der Waals surface area contributed by atoms with Gasteiger partial charge in [0.15, 0.2) is 0 Å². The second-order valence-electron chi connectivity index (χ2n) is 5.44. The summed E-state index contributed by atoms with van der Waals surface area (Å²) in [5.41, 5.74) is 4.70. The van der Waals surface area contributed by atoms with E-state index in [-0.39, 0.29) is 6.04 Å². The van der Waals surface area contributed by atoms with E-state index in [2.05, 4.69) is 23.8 Å². The molecule has 2 aliphatic rings. The molecule has 0 heterocycles. The van der Waals surface area contributed by atoms with Gasteiger partial charge in [-0.25, -0.2) is 0 Å². The molecule has 3 heteroatoms. The van der Waals surface area contributed by atoms with Crippen molar-refractivity contribution in [2.24, 2.45) is 10.9 Å². The topological polar surface area (TPSA) is 59.9 Å². The Morgan fingerprint density at radius 2 is 2.00 bits per heavy atom. The molecule has 106 valence electrons. The summed E-state index contributed by atoms with van der Waals surface area (Å²) in [4.78, 5) is 4.21. The molecule has 0 saturated carbocycles. The lowest BCUT2D eigenvalue weighted by atomic mass is 9.80. The van der Waals surface area contributed by atoms with Crippen molar-refractivity contribution in [2.75, 3.05) is 0 Å². The van der Waals surface area contributed by atoms with Crippen molar-refractivity contribution in [3.05, 3.63) is 64.3 Å². The lowest BCUT2D eigenvalue weighted by Gasteiger charge is -2.22. The molecule has 0 N–H and O–H groups in total. The average molecular weight is 285 g/mol. The van der Waals surface area contributed by atoms with Crippen molar-refractivity contribution in [3.63, 3.8) is 0 Å². The van der Waals surface area contributed by atoms with Gasteiger partial charge in [0, 0.05) is 0 Å². The van der Waals surface area contributed by atoms with Crippen LogP contribution in [0.2, 0.25) is 0 Å². The molecule has 0 amide bonds. The molecule has 2 atom stereocenters. The van der Waals surface area contributed by atoms with Crippen LogP contribution in [0.25, 0.3) is 6.08 Å². The zero-order valence-corrected chi connectivity index (χ0v) is 12.2. The highest BCUT2D eigenvalue weighted by Gasteiger charge is 2.35. The molecule has 3 nitrogen and oxygen atoms in total. The fourth-order valence-corrected chi connectivity index (χ4v) is 3.22. The van der Waals surface area contributed by atoms with Gasteiger partial charge in [-0.3, -0.25) is 4.99 Å².